The summed E-state index contributed by atoms with van der Waals surface area (Å²) in [5, 5.41) is 0. The van der Waals surface area contributed by atoms with Crippen LogP contribution in [-0.4, -0.2) is 7.11 Å². The molecule has 0 saturated carbocycles. The molecule has 18 heavy (non-hydrogen) atoms. The molecule has 0 aliphatic rings. The Morgan fingerprint density at radius 2 is 1.83 bits per heavy atom. The molecule has 0 fully saturated rings. The minimum absolute atomic E-state index is 0.448. The number of hydrogen-bond acceptors (Lipinski definition) is 3. The Labute approximate surface area is 115 Å². The highest BCUT2D eigenvalue weighted by molar-refractivity contribution is 9.10. The molecule has 2 aromatic carbocycles. The molecule has 0 heterocycles. The summed E-state index contributed by atoms with van der Waals surface area (Å²) in [4.78, 5) is 0. The molecule has 0 bridgehead atoms. The van der Waals surface area contributed by atoms with E-state index in [1.54, 1.807) is 7.11 Å². The Kier molecular flexibility index (Phi) is 4.10. The maximum atomic E-state index is 5.77. The fraction of sp³-hybridized carbons (Fsp3) is 0.143. The van der Waals surface area contributed by atoms with Gasteiger partial charge in [-0.2, -0.15) is 0 Å². The van der Waals surface area contributed by atoms with E-state index < -0.39 is 0 Å². The third-order valence-corrected chi connectivity index (χ3v) is 2.90. The van der Waals surface area contributed by atoms with Crippen molar-refractivity contribution in [1.29, 1.82) is 0 Å². The van der Waals surface area contributed by atoms with E-state index in [0.717, 1.165) is 21.5 Å². The Bertz CT molecular complexity index is 523. The van der Waals surface area contributed by atoms with Gasteiger partial charge in [0.15, 0.2) is 11.5 Å². The van der Waals surface area contributed by atoms with Gasteiger partial charge in [-0.15, -0.1) is 0 Å². The van der Waals surface area contributed by atoms with Crippen molar-refractivity contribution in [1.82, 2.24) is 0 Å². The van der Waals surface area contributed by atoms with E-state index in [-0.39, 0.29) is 0 Å². The molecule has 3 nitrogen and oxygen atoms in total. The van der Waals surface area contributed by atoms with Crippen LogP contribution in [0, 0.1) is 0 Å². The molecule has 0 aliphatic heterocycles. The third kappa shape index (κ3) is 3.17. The summed E-state index contributed by atoms with van der Waals surface area (Å²) in [5.74, 6) is 1.44. The quantitative estimate of drug-likeness (QED) is 0.877. The number of methoxy groups -OCH3 is 1. The van der Waals surface area contributed by atoms with Crippen molar-refractivity contribution in [2.45, 2.75) is 6.61 Å². The van der Waals surface area contributed by atoms with Crippen LogP contribution in [0.3, 0.4) is 0 Å². The number of hydrogen-bond donors (Lipinski definition) is 1. The normalized spacial score (nSPS) is 10.1. The van der Waals surface area contributed by atoms with Gasteiger partial charge in [0.1, 0.15) is 6.61 Å². The summed E-state index contributed by atoms with van der Waals surface area (Å²) in [6.07, 6.45) is 0. The second kappa shape index (κ2) is 5.78. The molecular weight excluding hydrogens is 294 g/mol. The van der Waals surface area contributed by atoms with Gasteiger partial charge in [-0.3, -0.25) is 0 Å². The van der Waals surface area contributed by atoms with E-state index in [2.05, 4.69) is 15.9 Å². The smallest absolute Gasteiger partial charge is 0.161 e. The summed E-state index contributed by atoms with van der Waals surface area (Å²) in [7, 11) is 1.62. The first-order chi connectivity index (χ1) is 8.69. The Morgan fingerprint density at radius 3 is 2.50 bits per heavy atom. The lowest BCUT2D eigenvalue weighted by molar-refractivity contribution is 0.284. The van der Waals surface area contributed by atoms with Crippen LogP contribution in [0.5, 0.6) is 11.5 Å². The van der Waals surface area contributed by atoms with Crippen molar-refractivity contribution in [3.63, 3.8) is 0 Å². The van der Waals surface area contributed by atoms with E-state index in [1.165, 1.54) is 0 Å². The summed E-state index contributed by atoms with van der Waals surface area (Å²) in [6, 6.07) is 13.3. The summed E-state index contributed by atoms with van der Waals surface area (Å²) in [6.45, 7) is 0.448. The minimum atomic E-state index is 0.448. The number of nitrogen functional groups attached to an aromatic ring is 1. The lowest BCUT2D eigenvalue weighted by atomic mass is 10.2. The summed E-state index contributed by atoms with van der Waals surface area (Å²) >= 11 is 3.41. The van der Waals surface area contributed by atoms with Crippen molar-refractivity contribution < 1.29 is 9.47 Å². The number of benzene rings is 2. The number of anilines is 1. The lowest BCUT2D eigenvalue weighted by Gasteiger charge is -2.10. The molecule has 0 unspecified atom stereocenters. The first-order valence-electron chi connectivity index (χ1n) is 5.50. The second-order valence-electron chi connectivity index (χ2n) is 3.83. The van der Waals surface area contributed by atoms with E-state index in [1.807, 2.05) is 42.5 Å². The van der Waals surface area contributed by atoms with Gasteiger partial charge in [-0.05, 0) is 35.9 Å². The van der Waals surface area contributed by atoms with Crippen LogP contribution in [0.1, 0.15) is 5.56 Å². The number of nitrogens with two attached hydrogens (primary N) is 1. The molecule has 0 aliphatic carbocycles. The van der Waals surface area contributed by atoms with Crippen LogP contribution in [0.15, 0.2) is 46.9 Å². The number of rotatable bonds is 4. The molecule has 4 heteroatoms. The number of halogens is 1. The number of para-hydroxylation sites is 2. The molecule has 2 aromatic rings. The molecule has 94 valence electrons. The van der Waals surface area contributed by atoms with Crippen LogP contribution in [0.25, 0.3) is 0 Å². The van der Waals surface area contributed by atoms with Gasteiger partial charge in [0.05, 0.1) is 7.11 Å². The number of ether oxygens (including phenoxy) is 2. The maximum Gasteiger partial charge on any atom is 0.161 e. The van der Waals surface area contributed by atoms with Crippen LogP contribution >= 0.6 is 15.9 Å². The zero-order valence-corrected chi connectivity index (χ0v) is 11.6. The summed E-state index contributed by atoms with van der Waals surface area (Å²) < 4.78 is 11.9. The van der Waals surface area contributed by atoms with Gasteiger partial charge in [-0.25, -0.2) is 0 Å². The standard InChI is InChI=1S/C14H14BrNO2/c1-17-13-4-2-3-5-14(13)18-9-10-6-11(15)8-12(16)7-10/h2-8H,9,16H2,1H3. The van der Waals surface area contributed by atoms with Crippen molar-refractivity contribution in [3.8, 4) is 11.5 Å². The molecule has 2 rings (SSSR count). The molecule has 0 atom stereocenters. The minimum Gasteiger partial charge on any atom is -0.493 e. The average Bonchev–Trinajstić information content (AvgIpc) is 2.35. The predicted octanol–water partition coefficient (Wildman–Crippen LogP) is 3.62. The molecule has 0 spiro atoms. The average molecular weight is 308 g/mol. The van der Waals surface area contributed by atoms with Gasteiger partial charge in [0.2, 0.25) is 0 Å². The van der Waals surface area contributed by atoms with Crippen molar-refractivity contribution >= 4 is 21.6 Å². The highest BCUT2D eigenvalue weighted by atomic mass is 79.9. The highest BCUT2D eigenvalue weighted by Crippen LogP contribution is 2.27. The fourth-order valence-corrected chi connectivity index (χ4v) is 2.22. The second-order valence-corrected chi connectivity index (χ2v) is 4.75. The van der Waals surface area contributed by atoms with Gasteiger partial charge in [0.25, 0.3) is 0 Å². The molecule has 0 amide bonds. The highest BCUT2D eigenvalue weighted by Gasteiger charge is 2.03. The third-order valence-electron chi connectivity index (χ3n) is 2.44. The van der Waals surface area contributed by atoms with Gasteiger partial charge >= 0.3 is 0 Å². The fourth-order valence-electron chi connectivity index (χ4n) is 1.66. The van der Waals surface area contributed by atoms with Crippen LogP contribution in [0.4, 0.5) is 5.69 Å². The van der Waals surface area contributed by atoms with E-state index in [0.29, 0.717) is 12.3 Å². The van der Waals surface area contributed by atoms with Gasteiger partial charge in [0, 0.05) is 10.2 Å². The predicted molar refractivity (Wildman–Crippen MR) is 75.9 cm³/mol. The van der Waals surface area contributed by atoms with Crippen molar-refractivity contribution in [2.24, 2.45) is 0 Å². The van der Waals surface area contributed by atoms with Crippen LogP contribution < -0.4 is 15.2 Å². The lowest BCUT2D eigenvalue weighted by Crippen LogP contribution is -1.98. The molecule has 0 radical (unpaired) electrons. The SMILES string of the molecule is COc1ccccc1OCc1cc(N)cc(Br)c1. The topological polar surface area (TPSA) is 44.5 Å². The maximum absolute atomic E-state index is 5.77. The molecule has 0 saturated heterocycles. The molecule has 2 N–H and O–H groups in total. The first kappa shape index (κ1) is 12.8. The largest absolute Gasteiger partial charge is 0.493 e. The zero-order chi connectivity index (χ0) is 13.0. The molecule has 0 aromatic heterocycles. The molecular formula is C14H14BrNO2. The van der Waals surface area contributed by atoms with Gasteiger partial charge < -0.3 is 15.2 Å². The summed E-state index contributed by atoms with van der Waals surface area (Å²) in [5.41, 5.74) is 7.49. The van der Waals surface area contributed by atoms with Crippen molar-refractivity contribution in [2.75, 3.05) is 12.8 Å². The van der Waals surface area contributed by atoms with Crippen molar-refractivity contribution in [3.05, 3.63) is 52.5 Å². The zero-order valence-electron chi connectivity index (χ0n) is 10.0. The first-order valence-corrected chi connectivity index (χ1v) is 6.29. The van der Waals surface area contributed by atoms with Crippen LogP contribution in [0.2, 0.25) is 0 Å². The van der Waals surface area contributed by atoms with E-state index in [4.69, 9.17) is 15.2 Å². The van der Waals surface area contributed by atoms with Gasteiger partial charge in [-0.1, -0.05) is 28.1 Å². The van der Waals surface area contributed by atoms with Crippen LogP contribution in [-0.2, 0) is 6.61 Å². The Balaban J connectivity index is 2.11. The Hall–Kier alpha value is -1.68. The monoisotopic (exact) mass is 307 g/mol. The van der Waals surface area contributed by atoms with E-state index in [9.17, 15) is 0 Å². The van der Waals surface area contributed by atoms with E-state index >= 15 is 0 Å². The Morgan fingerprint density at radius 1 is 1.11 bits per heavy atom.